The number of hydrogen-bond acceptors (Lipinski definition) is 3. The number of hydrogen-bond donors (Lipinski definition) is 0. The second kappa shape index (κ2) is 5.81. The summed E-state index contributed by atoms with van der Waals surface area (Å²) in [5, 5.41) is 0.138. The first kappa shape index (κ1) is 11.2. The summed E-state index contributed by atoms with van der Waals surface area (Å²) in [5.74, 6) is 0.623. The molecule has 4 heteroatoms. The lowest BCUT2D eigenvalue weighted by Gasteiger charge is -2.06. The molecule has 0 spiro atoms. The third kappa shape index (κ3) is 3.50. The number of halogens is 1. The van der Waals surface area contributed by atoms with Crippen LogP contribution in [0.5, 0.6) is 5.88 Å². The molecule has 0 aliphatic rings. The van der Waals surface area contributed by atoms with Gasteiger partial charge in [-0.3, -0.25) is 0 Å². The lowest BCUT2D eigenvalue weighted by molar-refractivity contribution is 0.325. The summed E-state index contributed by atoms with van der Waals surface area (Å²) >= 11 is 6.03. The first-order chi connectivity index (χ1) is 6.76. The summed E-state index contributed by atoms with van der Waals surface area (Å²) in [5.41, 5.74) is 0.935. The Labute approximate surface area is 89.5 Å². The van der Waals surface area contributed by atoms with Crippen LogP contribution in [0.2, 0.25) is 0 Å². The van der Waals surface area contributed by atoms with Crippen molar-refractivity contribution < 1.29 is 4.74 Å². The van der Waals surface area contributed by atoms with Gasteiger partial charge in [-0.05, 0) is 13.3 Å². The zero-order chi connectivity index (χ0) is 10.4. The minimum atomic E-state index is 0.138. The highest BCUT2D eigenvalue weighted by Gasteiger charge is 2.05. The second-order valence-electron chi connectivity index (χ2n) is 2.99. The number of ether oxygens (including phenoxy) is 1. The van der Waals surface area contributed by atoms with Crippen LogP contribution in [-0.4, -0.2) is 22.0 Å². The zero-order valence-corrected chi connectivity index (χ0v) is 9.29. The molecule has 1 rings (SSSR count). The molecular weight excluding hydrogens is 200 g/mol. The van der Waals surface area contributed by atoms with Gasteiger partial charge in [0.05, 0.1) is 6.61 Å². The normalized spacial score (nSPS) is 12.5. The van der Waals surface area contributed by atoms with E-state index in [9.17, 15) is 0 Å². The van der Waals surface area contributed by atoms with Gasteiger partial charge >= 0.3 is 0 Å². The summed E-state index contributed by atoms with van der Waals surface area (Å²) in [7, 11) is 0. The highest BCUT2D eigenvalue weighted by atomic mass is 35.5. The van der Waals surface area contributed by atoms with Gasteiger partial charge in [-0.25, -0.2) is 9.97 Å². The first-order valence-electron chi connectivity index (χ1n) is 4.84. The molecule has 1 atom stereocenters. The van der Waals surface area contributed by atoms with Crippen LogP contribution in [0.25, 0.3) is 0 Å². The molecule has 0 fully saturated rings. The van der Waals surface area contributed by atoms with Gasteiger partial charge in [0, 0.05) is 23.6 Å². The maximum absolute atomic E-state index is 6.03. The Bertz CT molecular complexity index is 281. The topological polar surface area (TPSA) is 35.0 Å². The Kier molecular flexibility index (Phi) is 4.66. The lowest BCUT2D eigenvalue weighted by atomic mass is 10.2. The van der Waals surface area contributed by atoms with E-state index < -0.39 is 0 Å². The van der Waals surface area contributed by atoms with Gasteiger partial charge in [-0.1, -0.05) is 6.92 Å². The summed E-state index contributed by atoms with van der Waals surface area (Å²) in [6.45, 7) is 4.61. The van der Waals surface area contributed by atoms with Crippen molar-refractivity contribution in [1.82, 2.24) is 9.97 Å². The quantitative estimate of drug-likeness (QED) is 0.707. The highest BCUT2D eigenvalue weighted by Crippen LogP contribution is 2.12. The summed E-state index contributed by atoms with van der Waals surface area (Å²) in [6, 6.07) is 1.84. The molecule has 0 N–H and O–H groups in total. The summed E-state index contributed by atoms with van der Waals surface area (Å²) < 4.78 is 5.27. The first-order valence-corrected chi connectivity index (χ1v) is 5.27. The monoisotopic (exact) mass is 214 g/mol. The fraction of sp³-hybridized carbons (Fsp3) is 0.600. The maximum Gasteiger partial charge on any atom is 0.216 e. The fourth-order valence-electron chi connectivity index (χ4n) is 1.09. The third-order valence-corrected chi connectivity index (χ3v) is 2.33. The van der Waals surface area contributed by atoms with Crippen LogP contribution in [-0.2, 0) is 6.42 Å². The van der Waals surface area contributed by atoms with Crippen LogP contribution in [0, 0.1) is 0 Å². The van der Waals surface area contributed by atoms with Crippen LogP contribution in [0.1, 0.15) is 26.0 Å². The predicted molar refractivity (Wildman–Crippen MR) is 56.8 cm³/mol. The van der Waals surface area contributed by atoms with Crippen molar-refractivity contribution in [2.45, 2.75) is 32.1 Å². The average molecular weight is 215 g/mol. The average Bonchev–Trinajstić information content (AvgIpc) is 2.19. The Morgan fingerprint density at radius 1 is 1.43 bits per heavy atom. The van der Waals surface area contributed by atoms with E-state index in [1.54, 1.807) is 0 Å². The van der Waals surface area contributed by atoms with Crippen LogP contribution in [0.3, 0.4) is 0 Å². The molecule has 0 amide bonds. The van der Waals surface area contributed by atoms with Crippen LogP contribution in [0.4, 0.5) is 0 Å². The van der Waals surface area contributed by atoms with E-state index in [4.69, 9.17) is 16.3 Å². The maximum atomic E-state index is 6.03. The predicted octanol–water partition coefficient (Wildman–Crippen LogP) is 2.44. The van der Waals surface area contributed by atoms with Crippen LogP contribution >= 0.6 is 11.6 Å². The minimum Gasteiger partial charge on any atom is -0.478 e. The van der Waals surface area contributed by atoms with Gasteiger partial charge < -0.3 is 4.74 Å². The Morgan fingerprint density at radius 2 is 2.21 bits per heavy atom. The molecule has 1 aromatic rings. The Morgan fingerprint density at radius 3 is 2.86 bits per heavy atom. The smallest absolute Gasteiger partial charge is 0.216 e. The molecule has 0 radical (unpaired) electrons. The SMILES string of the molecule is CCOc1cc(CC(Cl)CC)ncn1. The van der Waals surface area contributed by atoms with Gasteiger partial charge in [-0.15, -0.1) is 11.6 Å². The molecule has 0 saturated heterocycles. The molecule has 0 bridgehead atoms. The highest BCUT2D eigenvalue weighted by molar-refractivity contribution is 6.20. The molecule has 0 aromatic carbocycles. The Balaban J connectivity index is 2.63. The molecule has 0 saturated carbocycles. The summed E-state index contributed by atoms with van der Waals surface area (Å²) in [6.07, 6.45) is 3.22. The number of rotatable bonds is 5. The van der Waals surface area contributed by atoms with Crippen molar-refractivity contribution in [3.05, 3.63) is 18.1 Å². The van der Waals surface area contributed by atoms with Gasteiger partial charge in [-0.2, -0.15) is 0 Å². The standard InChI is InChI=1S/C10H15ClN2O/c1-3-8(11)5-9-6-10(14-4-2)13-7-12-9/h6-8H,3-5H2,1-2H3. The van der Waals surface area contributed by atoms with Crippen molar-refractivity contribution in [2.75, 3.05) is 6.61 Å². The number of alkyl halides is 1. The third-order valence-electron chi connectivity index (χ3n) is 1.86. The molecule has 78 valence electrons. The largest absolute Gasteiger partial charge is 0.478 e. The molecule has 1 unspecified atom stereocenters. The van der Waals surface area contributed by atoms with Gasteiger partial charge in [0.2, 0.25) is 5.88 Å². The molecule has 0 aliphatic carbocycles. The van der Waals surface area contributed by atoms with Crippen LogP contribution < -0.4 is 4.74 Å². The Hall–Kier alpha value is -0.830. The van der Waals surface area contributed by atoms with Crippen molar-refractivity contribution >= 4 is 11.6 Å². The van der Waals surface area contributed by atoms with Gasteiger partial charge in [0.25, 0.3) is 0 Å². The van der Waals surface area contributed by atoms with E-state index in [2.05, 4.69) is 16.9 Å². The molecule has 1 heterocycles. The van der Waals surface area contributed by atoms with E-state index in [0.29, 0.717) is 12.5 Å². The molecule has 14 heavy (non-hydrogen) atoms. The van der Waals surface area contributed by atoms with Gasteiger partial charge in [0.15, 0.2) is 0 Å². The lowest BCUT2D eigenvalue weighted by Crippen LogP contribution is -2.04. The molecule has 1 aromatic heterocycles. The van der Waals surface area contributed by atoms with Gasteiger partial charge in [0.1, 0.15) is 6.33 Å². The molecule has 0 aliphatic heterocycles. The number of aromatic nitrogens is 2. The molecular formula is C10H15ClN2O. The van der Waals surface area contributed by atoms with E-state index in [0.717, 1.165) is 18.5 Å². The zero-order valence-electron chi connectivity index (χ0n) is 8.53. The van der Waals surface area contributed by atoms with Crippen molar-refractivity contribution in [2.24, 2.45) is 0 Å². The summed E-state index contributed by atoms with van der Waals surface area (Å²) in [4.78, 5) is 8.12. The van der Waals surface area contributed by atoms with Crippen molar-refractivity contribution in [1.29, 1.82) is 0 Å². The van der Waals surface area contributed by atoms with E-state index >= 15 is 0 Å². The van der Waals surface area contributed by atoms with Crippen molar-refractivity contribution in [3.63, 3.8) is 0 Å². The van der Waals surface area contributed by atoms with Crippen LogP contribution in [0.15, 0.2) is 12.4 Å². The van der Waals surface area contributed by atoms with Crippen molar-refractivity contribution in [3.8, 4) is 5.88 Å². The second-order valence-corrected chi connectivity index (χ2v) is 3.61. The van der Waals surface area contributed by atoms with E-state index in [1.807, 2.05) is 13.0 Å². The fourth-order valence-corrected chi connectivity index (χ4v) is 1.24. The molecule has 3 nitrogen and oxygen atoms in total. The van der Waals surface area contributed by atoms with E-state index in [1.165, 1.54) is 6.33 Å². The minimum absolute atomic E-state index is 0.138. The van der Waals surface area contributed by atoms with E-state index in [-0.39, 0.29) is 5.38 Å². The number of nitrogens with zero attached hydrogens (tertiary/aromatic N) is 2.